The van der Waals surface area contributed by atoms with Crippen LogP contribution in [0.15, 0.2) is 30.4 Å². The number of carbonyl (C=O) groups is 4. The minimum Gasteiger partial charge on any atom is -0.497 e. The van der Waals surface area contributed by atoms with Crippen LogP contribution in [0, 0.1) is 17.8 Å². The van der Waals surface area contributed by atoms with Crippen LogP contribution < -0.4 is 24.4 Å². The van der Waals surface area contributed by atoms with Gasteiger partial charge < -0.3 is 29.7 Å². The number of rotatable bonds is 10. The topological polar surface area (TPSA) is 201 Å². The Morgan fingerprint density at radius 2 is 1.79 bits per heavy atom. The largest absolute Gasteiger partial charge is 0.497 e. The first kappa shape index (κ1) is 46.1. The third kappa shape index (κ3) is 8.69. The molecule has 1 aromatic heterocycles. The van der Waals surface area contributed by atoms with Gasteiger partial charge in [-0.2, -0.15) is 18.2 Å². The molecule has 0 spiro atoms. The fraction of sp³-hybridized carbons (Fsp3) is 0.667. The number of methoxy groups -OCH3 is 1. The van der Waals surface area contributed by atoms with Crippen LogP contribution in [0.3, 0.4) is 0 Å². The van der Waals surface area contributed by atoms with Gasteiger partial charge in [-0.1, -0.05) is 26.0 Å². The molecule has 16 nitrogen and oxygen atoms in total. The first-order chi connectivity index (χ1) is 29.6. The molecule has 21 heteroatoms. The average Bonchev–Trinajstić information content (AvgIpc) is 4.02. The molecule has 2 saturated heterocycles. The van der Waals surface area contributed by atoms with Crippen LogP contribution in [0.25, 0.3) is 10.9 Å². The molecule has 2 aromatic rings. The second-order valence-electron chi connectivity index (χ2n) is 18.4. The third-order valence-electron chi connectivity index (χ3n) is 13.5. The number of amides is 4. The lowest BCUT2D eigenvalue weighted by Crippen LogP contribution is -2.66. The van der Waals surface area contributed by atoms with Crippen molar-refractivity contribution in [3.63, 3.8) is 0 Å². The van der Waals surface area contributed by atoms with Gasteiger partial charge in [-0.3, -0.25) is 24.0 Å². The minimum absolute atomic E-state index is 0.000303. The molecule has 3 N–H and O–H groups in total. The Kier molecular flexibility index (Phi) is 12.3. The molecule has 0 bridgehead atoms. The molecule has 1 aromatic carbocycles. The summed E-state index contributed by atoms with van der Waals surface area (Å²) in [6.07, 6.45) is -2.26. The smallest absolute Gasteiger partial charge is 0.411 e. The van der Waals surface area contributed by atoms with E-state index in [1.165, 1.54) is 14.0 Å². The van der Waals surface area contributed by atoms with E-state index in [1.54, 1.807) is 30.4 Å². The van der Waals surface area contributed by atoms with Crippen molar-refractivity contribution < 1.29 is 59.7 Å². The molecule has 7 atom stereocenters. The summed E-state index contributed by atoms with van der Waals surface area (Å²) in [6, 6.07) is 1.54. The van der Waals surface area contributed by atoms with Gasteiger partial charge in [-0.05, 0) is 89.2 Å². The molecule has 4 amide bonds. The van der Waals surface area contributed by atoms with E-state index in [1.807, 2.05) is 16.5 Å². The van der Waals surface area contributed by atoms with Gasteiger partial charge in [-0.25, -0.2) is 22.6 Å². The summed E-state index contributed by atoms with van der Waals surface area (Å²) < 4.78 is 97.1. The maximum Gasteiger partial charge on any atom is 0.411 e. The fourth-order valence-electron chi connectivity index (χ4n) is 9.24. The zero-order chi connectivity index (χ0) is 45.9. The van der Waals surface area contributed by atoms with Gasteiger partial charge in [0.25, 0.3) is 5.91 Å². The predicted molar refractivity (Wildman–Crippen MR) is 221 cm³/mol. The summed E-state index contributed by atoms with van der Waals surface area (Å²) in [6.45, 7) is 4.42. The summed E-state index contributed by atoms with van der Waals surface area (Å²) in [5, 5.41) is 13.7. The molecule has 4 heterocycles. The number of carboxylic acid groups (broad SMARTS) is 1. The Hall–Kier alpha value is -4.95. The highest BCUT2D eigenvalue weighted by Crippen LogP contribution is 2.48. The Labute approximate surface area is 363 Å². The van der Waals surface area contributed by atoms with Gasteiger partial charge in [0.05, 0.1) is 24.6 Å². The van der Waals surface area contributed by atoms with Crippen molar-refractivity contribution in [3.05, 3.63) is 30.4 Å². The number of hydrogen-bond acceptors (Lipinski definition) is 11. The molecule has 2 aliphatic carbocycles. The van der Waals surface area contributed by atoms with Crippen molar-refractivity contribution in [3.8, 4) is 11.6 Å². The zero-order valence-corrected chi connectivity index (χ0v) is 36.7. The second kappa shape index (κ2) is 16.9. The number of hydrogen-bond donors (Lipinski definition) is 3. The summed E-state index contributed by atoms with van der Waals surface area (Å²) in [4.78, 5) is 69.5. The van der Waals surface area contributed by atoms with Crippen molar-refractivity contribution in [2.75, 3.05) is 38.3 Å². The van der Waals surface area contributed by atoms with E-state index in [-0.39, 0.29) is 48.8 Å². The number of benzene rings is 1. The molecule has 0 radical (unpaired) electrons. The van der Waals surface area contributed by atoms with Gasteiger partial charge in [0.1, 0.15) is 46.4 Å². The highest BCUT2D eigenvalue weighted by atomic mass is 32.2. The number of nitrogens with one attached hydrogen (secondary N) is 2. The first-order valence-corrected chi connectivity index (χ1v) is 22.8. The Bertz CT molecular complexity index is 2270. The number of halogens is 4. The summed E-state index contributed by atoms with van der Waals surface area (Å²) >= 11 is 0. The Morgan fingerprint density at radius 1 is 1.10 bits per heavy atom. The van der Waals surface area contributed by atoms with Crippen LogP contribution in [0.5, 0.6) is 11.6 Å². The summed E-state index contributed by atoms with van der Waals surface area (Å²) in [5.74, 6) is -4.12. The molecular formula is C42H55F4N7O9S. The molecule has 7 rings (SSSR count). The predicted octanol–water partition coefficient (Wildman–Crippen LogP) is 5.11. The normalized spacial score (nSPS) is 28.9. The van der Waals surface area contributed by atoms with Gasteiger partial charge >= 0.3 is 12.3 Å². The van der Waals surface area contributed by atoms with Crippen molar-refractivity contribution >= 4 is 50.7 Å². The Balaban J connectivity index is 1.31. The van der Waals surface area contributed by atoms with E-state index in [9.17, 15) is 45.5 Å². The number of nitrogens with zero attached hydrogens (tertiary/aromatic N) is 5. The van der Waals surface area contributed by atoms with Crippen LogP contribution in [-0.2, 0) is 24.4 Å². The lowest BCUT2D eigenvalue weighted by molar-refractivity contribution is -0.222. The number of carbonyl (C=O) groups excluding carboxylic acids is 3. The van der Waals surface area contributed by atoms with Crippen molar-refractivity contribution in [1.29, 1.82) is 0 Å². The SMILES string of the molecule is COc1ccc2c(O[C@@H]3C[C@H]4C(=O)N[C@]5(C(=O)NS(=O)(=O)C6(CF)CC6)C[C@H]5C=CCC[C@H](C)C[C@@H](C)[C@H](N(C(=O)O)C(C)(C)C(F)(F)F)C(=O)N4C3)nc(N3CCCC3)nc2c1. The lowest BCUT2D eigenvalue weighted by Gasteiger charge is -2.45. The van der Waals surface area contributed by atoms with Crippen LogP contribution in [0.4, 0.5) is 28.3 Å². The van der Waals surface area contributed by atoms with Crippen LogP contribution in [0.2, 0.25) is 0 Å². The molecule has 4 fully saturated rings. The van der Waals surface area contributed by atoms with Gasteiger partial charge in [0.15, 0.2) is 0 Å². The molecule has 346 valence electrons. The molecule has 2 saturated carbocycles. The maximum atomic E-state index is 15.2. The van der Waals surface area contributed by atoms with Gasteiger partial charge in [0.2, 0.25) is 33.7 Å². The van der Waals surface area contributed by atoms with Crippen LogP contribution in [0.1, 0.15) is 85.5 Å². The fourth-order valence-corrected chi connectivity index (χ4v) is 10.7. The van der Waals surface area contributed by atoms with Crippen molar-refractivity contribution in [2.24, 2.45) is 17.8 Å². The second-order valence-corrected chi connectivity index (χ2v) is 20.5. The number of ether oxygens (including phenoxy) is 2. The van der Waals surface area contributed by atoms with Gasteiger partial charge in [-0.15, -0.1) is 0 Å². The molecule has 0 unspecified atom stereocenters. The third-order valence-corrected chi connectivity index (χ3v) is 15.6. The van der Waals surface area contributed by atoms with E-state index in [0.717, 1.165) is 17.7 Å². The van der Waals surface area contributed by atoms with E-state index in [0.29, 0.717) is 62.4 Å². The molecule has 5 aliphatic rings. The monoisotopic (exact) mass is 909 g/mol. The molecule has 63 heavy (non-hydrogen) atoms. The summed E-state index contributed by atoms with van der Waals surface area (Å²) in [7, 11) is -3.02. The van der Waals surface area contributed by atoms with Crippen molar-refractivity contribution in [1.82, 2.24) is 29.8 Å². The van der Waals surface area contributed by atoms with E-state index < -0.39 is 99.1 Å². The quantitative estimate of drug-likeness (QED) is 0.211. The standard InChI is InChI=1S/C42H55F4N7O9S/c1-24-10-6-7-11-26-21-41(26,36(56)50-63(59,60)40(23-43)14-15-40)49-33(54)31-20-28(22-52(31)35(55)32(25(2)18-24)53(38(57)58)39(3,4)42(44,45)46)62-34-29-13-12-27(61-5)19-30(29)47-37(48-34)51-16-8-9-17-51/h7,11-13,19,24-26,28,31-32H,6,8-10,14-18,20-23H2,1-5H3,(H,49,54)(H,50,56)(H,57,58)/t24-,25+,26+,28+,31-,32-,41+/m0/s1. The number of sulfonamides is 1. The highest BCUT2D eigenvalue weighted by molar-refractivity contribution is 7.91. The lowest BCUT2D eigenvalue weighted by atomic mass is 9.85. The number of allylic oxidation sites excluding steroid dienone is 1. The van der Waals surface area contributed by atoms with Crippen LogP contribution in [-0.4, -0.2) is 131 Å². The average molecular weight is 910 g/mol. The maximum absolute atomic E-state index is 15.2. The number of aromatic nitrogens is 2. The number of alkyl halides is 4. The minimum atomic E-state index is -5.13. The van der Waals surface area contributed by atoms with Crippen LogP contribution >= 0.6 is 0 Å². The van der Waals surface area contributed by atoms with Gasteiger partial charge in [0, 0.05) is 31.5 Å². The first-order valence-electron chi connectivity index (χ1n) is 21.4. The number of anilines is 1. The highest BCUT2D eigenvalue weighted by Gasteiger charge is 2.64. The van der Waals surface area contributed by atoms with E-state index in [4.69, 9.17) is 19.4 Å². The number of fused-ring (bicyclic) bond motifs is 3. The molecular weight excluding hydrogens is 855 g/mol. The van der Waals surface area contributed by atoms with E-state index >= 15 is 4.79 Å². The Morgan fingerprint density at radius 3 is 2.41 bits per heavy atom. The summed E-state index contributed by atoms with van der Waals surface area (Å²) in [5.41, 5.74) is -4.46. The van der Waals surface area contributed by atoms with Crippen molar-refractivity contribution in [2.45, 2.75) is 126 Å². The van der Waals surface area contributed by atoms with E-state index in [2.05, 4.69) is 5.32 Å². The molecule has 3 aliphatic heterocycles. The zero-order valence-electron chi connectivity index (χ0n) is 35.9.